The van der Waals surface area contributed by atoms with Gasteiger partial charge in [0, 0.05) is 22.7 Å². The number of hydrogen-bond acceptors (Lipinski definition) is 3. The fourth-order valence-electron chi connectivity index (χ4n) is 2.39. The summed E-state index contributed by atoms with van der Waals surface area (Å²) >= 11 is 11.7. The normalized spacial score (nSPS) is 10.9. The molecule has 3 rings (SSSR count). The smallest absolute Gasteiger partial charge is 0.408 e. The van der Waals surface area contributed by atoms with Crippen LogP contribution < -0.4 is 11.1 Å². The van der Waals surface area contributed by atoms with Crippen LogP contribution in [-0.2, 0) is 17.8 Å². The van der Waals surface area contributed by atoms with Gasteiger partial charge in [0.2, 0.25) is 5.91 Å². The molecule has 1 amide bonds. The summed E-state index contributed by atoms with van der Waals surface area (Å²) in [6, 6.07) is 12.3. The average Bonchev–Trinajstić information content (AvgIpc) is 2.84. The van der Waals surface area contributed by atoms with Gasteiger partial charge in [0.1, 0.15) is 6.54 Å². The van der Waals surface area contributed by atoms with Crippen molar-refractivity contribution >= 4 is 40.2 Å². The van der Waals surface area contributed by atoms with Crippen molar-refractivity contribution < 1.29 is 9.21 Å². The molecule has 0 unspecified atom stereocenters. The topological polar surface area (TPSA) is 64.2 Å². The molecule has 0 bridgehead atoms. The standard InChI is InChI=1S/C17H14Cl2N2O3/c18-12-3-1-11(2-4-12)7-8-20-16(22)10-21-14-6-5-13(19)9-15(14)24-17(21)23/h1-6,9H,7-8,10H2,(H,20,22). The Hall–Kier alpha value is -2.24. The number of carbonyl (C=O) groups excluding carboxylic acids is 1. The lowest BCUT2D eigenvalue weighted by Gasteiger charge is -2.06. The van der Waals surface area contributed by atoms with Crippen LogP contribution in [0.3, 0.4) is 0 Å². The molecule has 0 atom stereocenters. The van der Waals surface area contributed by atoms with E-state index in [-0.39, 0.29) is 12.5 Å². The third-order valence-corrected chi connectivity index (χ3v) is 4.07. The number of halogens is 2. The molecule has 0 radical (unpaired) electrons. The summed E-state index contributed by atoms with van der Waals surface area (Å²) in [5, 5.41) is 3.93. The minimum absolute atomic E-state index is 0.103. The lowest BCUT2D eigenvalue weighted by Crippen LogP contribution is -2.32. The number of rotatable bonds is 5. The van der Waals surface area contributed by atoms with Gasteiger partial charge in [-0.25, -0.2) is 4.79 Å². The van der Waals surface area contributed by atoms with Gasteiger partial charge in [-0.1, -0.05) is 35.3 Å². The summed E-state index contributed by atoms with van der Waals surface area (Å²) in [7, 11) is 0. The number of hydrogen-bond donors (Lipinski definition) is 1. The Morgan fingerprint density at radius 3 is 2.54 bits per heavy atom. The van der Waals surface area contributed by atoms with Crippen LogP contribution in [0.2, 0.25) is 10.0 Å². The Labute approximate surface area is 147 Å². The number of nitrogens with zero attached hydrogens (tertiary/aromatic N) is 1. The van der Waals surface area contributed by atoms with Crippen molar-refractivity contribution in [3.8, 4) is 0 Å². The van der Waals surface area contributed by atoms with E-state index in [2.05, 4.69) is 5.32 Å². The van der Waals surface area contributed by atoms with Gasteiger partial charge in [0.05, 0.1) is 5.52 Å². The van der Waals surface area contributed by atoms with Gasteiger partial charge in [-0.15, -0.1) is 0 Å². The molecule has 0 aliphatic heterocycles. The third kappa shape index (κ3) is 3.80. The molecule has 0 saturated heterocycles. The highest BCUT2D eigenvalue weighted by atomic mass is 35.5. The van der Waals surface area contributed by atoms with Gasteiger partial charge in [-0.2, -0.15) is 0 Å². The van der Waals surface area contributed by atoms with Crippen LogP contribution >= 0.6 is 23.2 Å². The number of benzene rings is 2. The summed E-state index contributed by atoms with van der Waals surface area (Å²) in [6.07, 6.45) is 0.680. The van der Waals surface area contributed by atoms with E-state index < -0.39 is 5.76 Å². The fraction of sp³-hybridized carbons (Fsp3) is 0.176. The summed E-state index contributed by atoms with van der Waals surface area (Å²) in [4.78, 5) is 23.9. The third-order valence-electron chi connectivity index (χ3n) is 3.58. The quantitative estimate of drug-likeness (QED) is 0.755. The van der Waals surface area contributed by atoms with E-state index >= 15 is 0 Å². The van der Waals surface area contributed by atoms with Gasteiger partial charge < -0.3 is 9.73 Å². The molecule has 0 fully saturated rings. The predicted octanol–water partition coefficient (Wildman–Crippen LogP) is 3.26. The lowest BCUT2D eigenvalue weighted by molar-refractivity contribution is -0.121. The summed E-state index contributed by atoms with van der Waals surface area (Å²) in [6.45, 7) is 0.366. The Morgan fingerprint density at radius 1 is 1.08 bits per heavy atom. The second kappa shape index (κ2) is 7.11. The van der Waals surface area contributed by atoms with Crippen LogP contribution in [0.5, 0.6) is 0 Å². The Kier molecular flexibility index (Phi) is 4.92. The summed E-state index contributed by atoms with van der Waals surface area (Å²) < 4.78 is 6.38. The van der Waals surface area contributed by atoms with Gasteiger partial charge in [0.25, 0.3) is 0 Å². The first-order valence-corrected chi connectivity index (χ1v) is 8.08. The van der Waals surface area contributed by atoms with Crippen LogP contribution in [0.4, 0.5) is 0 Å². The summed E-state index contributed by atoms with van der Waals surface area (Å²) in [5.41, 5.74) is 1.97. The highest BCUT2D eigenvalue weighted by molar-refractivity contribution is 6.31. The molecule has 1 N–H and O–H groups in total. The minimum atomic E-state index is -0.583. The first kappa shape index (κ1) is 16.6. The number of fused-ring (bicyclic) bond motifs is 1. The molecule has 1 heterocycles. The first-order valence-electron chi connectivity index (χ1n) is 7.33. The van der Waals surface area contributed by atoms with Crippen molar-refractivity contribution in [2.75, 3.05) is 6.54 Å². The van der Waals surface area contributed by atoms with Gasteiger partial charge >= 0.3 is 5.76 Å². The molecular formula is C17H14Cl2N2O3. The summed E-state index contributed by atoms with van der Waals surface area (Å²) in [5.74, 6) is -0.844. The van der Waals surface area contributed by atoms with Crippen LogP contribution in [0.15, 0.2) is 51.7 Å². The Bertz CT molecular complexity index is 929. The highest BCUT2D eigenvalue weighted by Gasteiger charge is 2.12. The number of oxazole rings is 1. The molecule has 124 valence electrons. The zero-order valence-electron chi connectivity index (χ0n) is 12.6. The minimum Gasteiger partial charge on any atom is -0.408 e. The van der Waals surface area contributed by atoms with Crippen LogP contribution in [0, 0.1) is 0 Å². The van der Waals surface area contributed by atoms with E-state index in [4.69, 9.17) is 27.6 Å². The van der Waals surface area contributed by atoms with Crippen molar-refractivity contribution in [3.05, 3.63) is 68.6 Å². The van der Waals surface area contributed by atoms with E-state index in [1.54, 1.807) is 30.3 Å². The molecule has 7 heteroatoms. The molecule has 1 aromatic heterocycles. The Balaban J connectivity index is 1.62. The molecule has 0 saturated carbocycles. The SMILES string of the molecule is O=C(Cn1c(=O)oc2cc(Cl)ccc21)NCCc1ccc(Cl)cc1. The molecule has 3 aromatic rings. The molecule has 2 aromatic carbocycles. The van der Waals surface area contributed by atoms with Gasteiger partial charge in [-0.3, -0.25) is 9.36 Å². The van der Waals surface area contributed by atoms with Gasteiger partial charge in [0.15, 0.2) is 5.58 Å². The molecular weight excluding hydrogens is 351 g/mol. The van der Waals surface area contributed by atoms with Crippen LogP contribution in [0.1, 0.15) is 5.56 Å². The second-order valence-electron chi connectivity index (χ2n) is 5.29. The van der Waals surface area contributed by atoms with Gasteiger partial charge in [-0.05, 0) is 36.2 Å². The fourth-order valence-corrected chi connectivity index (χ4v) is 2.67. The maximum atomic E-state index is 12.1. The van der Waals surface area contributed by atoms with E-state index in [1.807, 2.05) is 12.1 Å². The molecule has 0 spiro atoms. The number of amides is 1. The first-order chi connectivity index (χ1) is 11.5. The van der Waals surface area contributed by atoms with E-state index in [9.17, 15) is 9.59 Å². The van der Waals surface area contributed by atoms with E-state index in [0.717, 1.165) is 5.56 Å². The zero-order chi connectivity index (χ0) is 17.1. The molecule has 24 heavy (non-hydrogen) atoms. The van der Waals surface area contributed by atoms with Crippen molar-refractivity contribution in [2.45, 2.75) is 13.0 Å². The predicted molar refractivity (Wildman–Crippen MR) is 93.6 cm³/mol. The largest absolute Gasteiger partial charge is 0.420 e. The van der Waals surface area contributed by atoms with Crippen LogP contribution in [-0.4, -0.2) is 17.0 Å². The lowest BCUT2D eigenvalue weighted by atomic mass is 10.1. The van der Waals surface area contributed by atoms with E-state index in [0.29, 0.717) is 34.1 Å². The van der Waals surface area contributed by atoms with Crippen LogP contribution in [0.25, 0.3) is 11.1 Å². The maximum absolute atomic E-state index is 12.1. The maximum Gasteiger partial charge on any atom is 0.420 e. The van der Waals surface area contributed by atoms with Crippen molar-refractivity contribution in [2.24, 2.45) is 0 Å². The van der Waals surface area contributed by atoms with Crippen molar-refractivity contribution in [3.63, 3.8) is 0 Å². The Morgan fingerprint density at radius 2 is 1.79 bits per heavy atom. The highest BCUT2D eigenvalue weighted by Crippen LogP contribution is 2.18. The number of aromatic nitrogens is 1. The van der Waals surface area contributed by atoms with Crippen molar-refractivity contribution in [1.82, 2.24) is 9.88 Å². The number of nitrogens with one attached hydrogen (secondary N) is 1. The van der Waals surface area contributed by atoms with Crippen molar-refractivity contribution in [1.29, 1.82) is 0 Å². The monoisotopic (exact) mass is 364 g/mol. The molecule has 5 nitrogen and oxygen atoms in total. The molecule has 0 aliphatic carbocycles. The molecule has 0 aliphatic rings. The number of carbonyl (C=O) groups is 1. The zero-order valence-corrected chi connectivity index (χ0v) is 14.1. The average molecular weight is 365 g/mol. The van der Waals surface area contributed by atoms with E-state index in [1.165, 1.54) is 4.57 Å². The second-order valence-corrected chi connectivity index (χ2v) is 6.17.